The summed E-state index contributed by atoms with van der Waals surface area (Å²) in [4.78, 5) is 26.3. The van der Waals surface area contributed by atoms with Gasteiger partial charge < -0.3 is 10.0 Å². The van der Waals surface area contributed by atoms with Crippen molar-refractivity contribution in [2.45, 2.75) is 32.2 Å². The second-order valence-corrected chi connectivity index (χ2v) is 6.65. The van der Waals surface area contributed by atoms with Gasteiger partial charge in [0.05, 0.1) is 12.6 Å². The van der Waals surface area contributed by atoms with Gasteiger partial charge in [0, 0.05) is 17.7 Å². The van der Waals surface area contributed by atoms with E-state index in [2.05, 4.69) is 0 Å². The van der Waals surface area contributed by atoms with E-state index >= 15 is 0 Å². The largest absolute Gasteiger partial charge is 0.394 e. The van der Waals surface area contributed by atoms with Gasteiger partial charge in [0.15, 0.2) is 5.78 Å². The van der Waals surface area contributed by atoms with Crippen LogP contribution in [0.2, 0.25) is 0 Å². The van der Waals surface area contributed by atoms with Crippen LogP contribution in [0, 0.1) is 5.82 Å². The molecule has 1 N–H and O–H groups in total. The number of piperidine rings is 1. The van der Waals surface area contributed by atoms with Crippen LogP contribution in [-0.2, 0) is 0 Å². The Bertz CT molecular complexity index is 817. The minimum Gasteiger partial charge on any atom is -0.394 e. The Kier molecular flexibility index (Phi) is 5.47. The molecule has 4 nitrogen and oxygen atoms in total. The van der Waals surface area contributed by atoms with Gasteiger partial charge in [-0.1, -0.05) is 12.1 Å². The summed E-state index contributed by atoms with van der Waals surface area (Å²) in [7, 11) is 0. The number of amides is 1. The number of aliphatic hydroxyl groups excluding tert-OH is 1. The maximum atomic E-state index is 13.6. The van der Waals surface area contributed by atoms with Gasteiger partial charge in [-0.05, 0) is 67.6 Å². The lowest BCUT2D eigenvalue weighted by Crippen LogP contribution is -2.45. The van der Waals surface area contributed by atoms with Crippen molar-refractivity contribution in [2.24, 2.45) is 0 Å². The fourth-order valence-electron chi connectivity index (χ4n) is 3.48. The molecule has 2 aromatic carbocycles. The molecule has 0 saturated carbocycles. The summed E-state index contributed by atoms with van der Waals surface area (Å²) >= 11 is 0. The maximum Gasteiger partial charge on any atom is 0.254 e. The average Bonchev–Trinajstić information content (AvgIpc) is 2.67. The third-order valence-electron chi connectivity index (χ3n) is 4.90. The molecule has 1 fully saturated rings. The number of hydrogen-bond donors (Lipinski definition) is 1. The number of halogens is 1. The number of rotatable bonds is 4. The average molecular weight is 355 g/mol. The molecule has 5 heteroatoms. The molecule has 0 aromatic heterocycles. The van der Waals surface area contributed by atoms with Crippen LogP contribution in [0.25, 0.3) is 11.1 Å². The first-order chi connectivity index (χ1) is 12.5. The first-order valence-electron chi connectivity index (χ1n) is 8.84. The lowest BCUT2D eigenvalue weighted by atomic mass is 9.96. The Morgan fingerprint density at radius 1 is 1.15 bits per heavy atom. The molecule has 3 rings (SSSR count). The van der Waals surface area contributed by atoms with Gasteiger partial charge in [-0.25, -0.2) is 4.39 Å². The van der Waals surface area contributed by atoms with Crippen LogP contribution in [-0.4, -0.2) is 40.9 Å². The molecular formula is C21H22FNO3. The highest BCUT2D eigenvalue weighted by molar-refractivity contribution is 6.01. The number of carbonyl (C=O) groups is 2. The summed E-state index contributed by atoms with van der Waals surface area (Å²) in [6, 6.07) is 10.8. The molecule has 26 heavy (non-hydrogen) atoms. The monoisotopic (exact) mass is 355 g/mol. The summed E-state index contributed by atoms with van der Waals surface area (Å²) in [5.74, 6) is -0.662. The fourth-order valence-corrected chi connectivity index (χ4v) is 3.48. The maximum absolute atomic E-state index is 13.6. The van der Waals surface area contributed by atoms with Crippen LogP contribution in [0.5, 0.6) is 0 Å². The number of likely N-dealkylation sites (tertiary alicyclic amines) is 1. The van der Waals surface area contributed by atoms with Crippen molar-refractivity contribution in [1.29, 1.82) is 0 Å². The zero-order valence-electron chi connectivity index (χ0n) is 14.7. The summed E-state index contributed by atoms with van der Waals surface area (Å²) < 4.78 is 13.6. The van der Waals surface area contributed by atoms with Gasteiger partial charge in [0.2, 0.25) is 0 Å². The number of nitrogens with zero attached hydrogens (tertiary/aromatic N) is 1. The van der Waals surface area contributed by atoms with E-state index in [0.717, 1.165) is 19.3 Å². The predicted molar refractivity (Wildman–Crippen MR) is 97.6 cm³/mol. The molecule has 1 atom stereocenters. The predicted octanol–water partition coefficient (Wildman–Crippen LogP) is 3.68. The van der Waals surface area contributed by atoms with E-state index < -0.39 is 5.82 Å². The molecule has 1 saturated heterocycles. The van der Waals surface area contributed by atoms with Gasteiger partial charge in [0.25, 0.3) is 5.91 Å². The second kappa shape index (κ2) is 7.79. The first-order valence-corrected chi connectivity index (χ1v) is 8.84. The third-order valence-corrected chi connectivity index (χ3v) is 4.90. The second-order valence-electron chi connectivity index (χ2n) is 6.65. The summed E-state index contributed by atoms with van der Waals surface area (Å²) in [5.41, 5.74) is 2.17. The standard InChI is InChI=1S/C21H22FNO3/c1-14(25)19-10-9-17(22)12-20(19)15-5-7-16(8-6-15)21(26)23-11-3-2-4-18(23)13-24/h5-10,12,18,24H,2-4,11,13H2,1H3/t18-/m1/s1. The van der Waals surface area contributed by atoms with E-state index in [1.165, 1.54) is 25.1 Å². The van der Waals surface area contributed by atoms with Crippen molar-refractivity contribution < 1.29 is 19.1 Å². The number of Topliss-reactive ketones (excluding diaryl/α,β-unsaturated/α-hetero) is 1. The SMILES string of the molecule is CC(=O)c1ccc(F)cc1-c1ccc(C(=O)N2CCCC[C@@H]2CO)cc1. The number of carbonyl (C=O) groups excluding carboxylic acids is 2. The van der Waals surface area contributed by atoms with Crippen LogP contribution in [0.3, 0.4) is 0 Å². The summed E-state index contributed by atoms with van der Waals surface area (Å²) in [6.45, 7) is 2.05. The summed E-state index contributed by atoms with van der Waals surface area (Å²) in [5, 5.41) is 9.50. The third kappa shape index (κ3) is 3.68. The molecule has 136 valence electrons. The number of aliphatic hydroxyl groups is 1. The van der Waals surface area contributed by atoms with Gasteiger partial charge in [-0.2, -0.15) is 0 Å². The quantitative estimate of drug-likeness (QED) is 0.851. The van der Waals surface area contributed by atoms with Gasteiger partial charge >= 0.3 is 0 Å². The van der Waals surface area contributed by atoms with Crippen LogP contribution < -0.4 is 0 Å². The van der Waals surface area contributed by atoms with Gasteiger partial charge in [0.1, 0.15) is 5.82 Å². The van der Waals surface area contributed by atoms with E-state index in [9.17, 15) is 19.1 Å². The minimum atomic E-state index is -0.413. The molecule has 0 bridgehead atoms. The smallest absolute Gasteiger partial charge is 0.254 e. The molecule has 1 amide bonds. The Hall–Kier alpha value is -2.53. The highest BCUT2D eigenvalue weighted by Gasteiger charge is 2.26. The number of hydrogen-bond acceptors (Lipinski definition) is 3. The molecule has 1 aliphatic heterocycles. The Morgan fingerprint density at radius 2 is 1.88 bits per heavy atom. The molecule has 0 spiro atoms. The summed E-state index contributed by atoms with van der Waals surface area (Å²) in [6.07, 6.45) is 2.76. The van der Waals surface area contributed by atoms with E-state index in [-0.39, 0.29) is 24.3 Å². The van der Waals surface area contributed by atoms with Gasteiger partial charge in [-0.15, -0.1) is 0 Å². The van der Waals surface area contributed by atoms with Crippen LogP contribution in [0.4, 0.5) is 4.39 Å². The number of ketones is 1. The molecule has 0 radical (unpaired) electrons. The molecule has 1 aliphatic rings. The van der Waals surface area contributed by atoms with E-state index in [1.54, 1.807) is 29.2 Å². The lowest BCUT2D eigenvalue weighted by Gasteiger charge is -2.34. The molecule has 2 aromatic rings. The van der Waals surface area contributed by atoms with Crippen molar-refractivity contribution in [3.05, 3.63) is 59.4 Å². The Morgan fingerprint density at radius 3 is 2.54 bits per heavy atom. The molecular weight excluding hydrogens is 333 g/mol. The van der Waals surface area contributed by atoms with Gasteiger partial charge in [-0.3, -0.25) is 9.59 Å². The van der Waals surface area contributed by atoms with E-state index in [0.29, 0.717) is 28.8 Å². The lowest BCUT2D eigenvalue weighted by molar-refractivity contribution is 0.0503. The topological polar surface area (TPSA) is 57.6 Å². The highest BCUT2D eigenvalue weighted by Crippen LogP contribution is 2.27. The normalized spacial score (nSPS) is 17.2. The van der Waals surface area contributed by atoms with Crippen molar-refractivity contribution in [3.8, 4) is 11.1 Å². The zero-order valence-corrected chi connectivity index (χ0v) is 14.7. The van der Waals surface area contributed by atoms with Crippen molar-refractivity contribution >= 4 is 11.7 Å². The minimum absolute atomic E-state index is 0.0327. The van der Waals surface area contributed by atoms with Crippen LogP contribution in [0.1, 0.15) is 46.9 Å². The Labute approximate surface area is 152 Å². The number of benzene rings is 2. The van der Waals surface area contributed by atoms with Crippen LogP contribution >= 0.6 is 0 Å². The van der Waals surface area contributed by atoms with Crippen molar-refractivity contribution in [2.75, 3.05) is 13.2 Å². The molecule has 1 heterocycles. The highest BCUT2D eigenvalue weighted by atomic mass is 19.1. The molecule has 0 unspecified atom stereocenters. The van der Waals surface area contributed by atoms with Crippen molar-refractivity contribution in [3.63, 3.8) is 0 Å². The van der Waals surface area contributed by atoms with E-state index in [4.69, 9.17) is 0 Å². The first kappa shape index (κ1) is 18.3. The zero-order chi connectivity index (χ0) is 18.7. The van der Waals surface area contributed by atoms with E-state index in [1.807, 2.05) is 0 Å². The van der Waals surface area contributed by atoms with Crippen LogP contribution in [0.15, 0.2) is 42.5 Å². The Balaban J connectivity index is 1.88. The fraction of sp³-hybridized carbons (Fsp3) is 0.333. The van der Waals surface area contributed by atoms with Crippen molar-refractivity contribution in [1.82, 2.24) is 4.90 Å². The molecule has 0 aliphatic carbocycles.